The van der Waals surface area contributed by atoms with E-state index in [0.29, 0.717) is 13.1 Å². The lowest BCUT2D eigenvalue weighted by Crippen LogP contribution is -2.52. The second-order valence-corrected chi connectivity index (χ2v) is 7.43. The Morgan fingerprint density at radius 3 is 2.71 bits per heavy atom. The van der Waals surface area contributed by atoms with Crippen LogP contribution >= 0.6 is 11.3 Å². The average Bonchev–Trinajstić information content (AvgIpc) is 3.28. The monoisotopic (exact) mass is 400 g/mol. The number of rotatable bonds is 7. The van der Waals surface area contributed by atoms with Crippen molar-refractivity contribution in [1.29, 1.82) is 0 Å². The molecule has 1 saturated heterocycles. The van der Waals surface area contributed by atoms with Crippen LogP contribution in [0.25, 0.3) is 0 Å². The van der Waals surface area contributed by atoms with Crippen molar-refractivity contribution in [2.75, 3.05) is 50.7 Å². The van der Waals surface area contributed by atoms with Crippen molar-refractivity contribution in [2.24, 2.45) is 4.99 Å². The number of aliphatic imine (C=N–C) groups is 1. The Balaban J connectivity index is 1.43. The molecule has 0 bridgehead atoms. The Hall–Kier alpha value is -2.61. The van der Waals surface area contributed by atoms with Gasteiger partial charge >= 0.3 is 0 Å². The predicted octanol–water partition coefficient (Wildman–Crippen LogP) is 2.05. The minimum atomic E-state index is -0.00321. The number of guanidine groups is 1. The number of carbonyl (C=O) groups excluding carboxylic acids is 1. The van der Waals surface area contributed by atoms with Crippen LogP contribution in [0.15, 0.2) is 46.9 Å². The van der Waals surface area contributed by atoms with E-state index < -0.39 is 0 Å². The van der Waals surface area contributed by atoms with Crippen LogP contribution < -0.4 is 15.5 Å². The van der Waals surface area contributed by atoms with E-state index in [1.54, 1.807) is 0 Å². The molecule has 1 aliphatic rings. The van der Waals surface area contributed by atoms with Crippen LogP contribution in [0.1, 0.15) is 23.0 Å². The molecule has 1 aliphatic heterocycles. The van der Waals surface area contributed by atoms with Crippen molar-refractivity contribution in [3.05, 3.63) is 46.8 Å². The quantitative estimate of drug-likeness (QED) is 0.423. The van der Waals surface area contributed by atoms with E-state index in [1.165, 1.54) is 11.3 Å². The van der Waals surface area contributed by atoms with E-state index in [-0.39, 0.29) is 5.91 Å². The summed E-state index contributed by atoms with van der Waals surface area (Å²) in [6.45, 7) is 7.93. The molecule has 8 heteroatoms. The molecule has 0 aromatic carbocycles. The maximum Gasteiger partial charge on any atom is 0.261 e. The van der Waals surface area contributed by atoms with Gasteiger partial charge in [-0.15, -0.1) is 11.3 Å². The van der Waals surface area contributed by atoms with Gasteiger partial charge in [-0.25, -0.2) is 4.98 Å². The molecule has 0 aliphatic carbocycles. The SMILES string of the molecule is CCNC(=NCCCNC(=O)c1cccs1)N1CCN(c2ccccn2)CC1. The normalized spacial score (nSPS) is 14.8. The lowest BCUT2D eigenvalue weighted by molar-refractivity contribution is 0.0957. The Bertz CT molecular complexity index is 741. The van der Waals surface area contributed by atoms with E-state index in [1.807, 2.05) is 35.8 Å². The minimum Gasteiger partial charge on any atom is -0.357 e. The number of nitrogens with one attached hydrogen (secondary N) is 2. The maximum atomic E-state index is 11.9. The summed E-state index contributed by atoms with van der Waals surface area (Å²) in [5.74, 6) is 1.98. The average molecular weight is 401 g/mol. The van der Waals surface area contributed by atoms with E-state index in [2.05, 4.69) is 38.4 Å². The lowest BCUT2D eigenvalue weighted by atomic mass is 10.3. The zero-order chi connectivity index (χ0) is 19.6. The number of hydrogen-bond donors (Lipinski definition) is 2. The summed E-state index contributed by atoms with van der Waals surface area (Å²) in [6, 6.07) is 9.75. The molecule has 2 N–H and O–H groups in total. The third-order valence-corrected chi connectivity index (χ3v) is 5.38. The van der Waals surface area contributed by atoms with E-state index in [4.69, 9.17) is 4.99 Å². The molecule has 3 heterocycles. The van der Waals surface area contributed by atoms with Gasteiger partial charge in [0.25, 0.3) is 5.91 Å². The third-order valence-electron chi connectivity index (χ3n) is 4.51. The van der Waals surface area contributed by atoms with Gasteiger partial charge in [0.2, 0.25) is 0 Å². The van der Waals surface area contributed by atoms with E-state index in [9.17, 15) is 4.79 Å². The van der Waals surface area contributed by atoms with Crippen molar-refractivity contribution in [3.8, 4) is 0 Å². The van der Waals surface area contributed by atoms with Crippen LogP contribution in [0, 0.1) is 0 Å². The standard InChI is InChI=1S/C20H28N6OS/c1-2-21-20(24-11-6-10-23-19(27)17-7-5-16-28-17)26-14-12-25(13-15-26)18-8-3-4-9-22-18/h3-5,7-9,16H,2,6,10-15H2,1H3,(H,21,24)(H,23,27). The molecule has 3 rings (SSSR count). The largest absolute Gasteiger partial charge is 0.357 e. The number of piperazine rings is 1. The van der Waals surface area contributed by atoms with Crippen LogP contribution in [-0.2, 0) is 0 Å². The number of hydrogen-bond acceptors (Lipinski definition) is 5. The van der Waals surface area contributed by atoms with Crippen molar-refractivity contribution < 1.29 is 4.79 Å². The summed E-state index contributed by atoms with van der Waals surface area (Å²) in [4.78, 5) is 26.5. The molecule has 1 amide bonds. The summed E-state index contributed by atoms with van der Waals surface area (Å²) in [6.07, 6.45) is 2.66. The first-order chi connectivity index (χ1) is 13.8. The molecule has 2 aromatic heterocycles. The van der Waals surface area contributed by atoms with Crippen molar-refractivity contribution in [2.45, 2.75) is 13.3 Å². The number of anilines is 1. The molecule has 28 heavy (non-hydrogen) atoms. The highest BCUT2D eigenvalue weighted by Crippen LogP contribution is 2.12. The number of amides is 1. The zero-order valence-corrected chi connectivity index (χ0v) is 17.1. The first-order valence-electron chi connectivity index (χ1n) is 9.79. The van der Waals surface area contributed by atoms with Gasteiger partial charge in [-0.2, -0.15) is 0 Å². The number of nitrogens with zero attached hydrogens (tertiary/aromatic N) is 4. The molecular weight excluding hydrogens is 372 g/mol. The predicted molar refractivity (Wildman–Crippen MR) is 115 cm³/mol. The molecule has 150 valence electrons. The number of aromatic nitrogens is 1. The van der Waals surface area contributed by atoms with Crippen LogP contribution in [0.4, 0.5) is 5.82 Å². The van der Waals surface area contributed by atoms with Crippen molar-refractivity contribution in [3.63, 3.8) is 0 Å². The Morgan fingerprint density at radius 1 is 1.18 bits per heavy atom. The topological polar surface area (TPSA) is 72.9 Å². The molecule has 7 nitrogen and oxygen atoms in total. The first kappa shape index (κ1) is 20.1. The lowest BCUT2D eigenvalue weighted by Gasteiger charge is -2.37. The Morgan fingerprint density at radius 2 is 2.04 bits per heavy atom. The van der Waals surface area contributed by atoms with Crippen molar-refractivity contribution in [1.82, 2.24) is 20.5 Å². The molecular formula is C20H28N6OS. The molecule has 0 unspecified atom stereocenters. The highest BCUT2D eigenvalue weighted by molar-refractivity contribution is 7.12. The molecule has 0 radical (unpaired) electrons. The third kappa shape index (κ3) is 5.69. The van der Waals surface area contributed by atoms with Gasteiger partial charge < -0.3 is 20.4 Å². The summed E-state index contributed by atoms with van der Waals surface area (Å²) >= 11 is 1.46. The number of carbonyl (C=O) groups is 1. The summed E-state index contributed by atoms with van der Waals surface area (Å²) in [5, 5.41) is 8.25. The van der Waals surface area contributed by atoms with Gasteiger partial charge in [0.05, 0.1) is 4.88 Å². The fraction of sp³-hybridized carbons (Fsp3) is 0.450. The van der Waals surface area contributed by atoms with E-state index in [0.717, 1.165) is 55.8 Å². The van der Waals surface area contributed by atoms with Crippen molar-refractivity contribution >= 4 is 29.0 Å². The molecule has 0 atom stereocenters. The second kappa shape index (κ2) is 10.7. The smallest absolute Gasteiger partial charge is 0.261 e. The fourth-order valence-corrected chi connectivity index (χ4v) is 3.71. The minimum absolute atomic E-state index is 0.00321. The van der Waals surface area contributed by atoms with Gasteiger partial charge in [0.15, 0.2) is 5.96 Å². The van der Waals surface area contributed by atoms with Gasteiger partial charge in [-0.3, -0.25) is 9.79 Å². The first-order valence-corrected chi connectivity index (χ1v) is 10.7. The summed E-state index contributed by atoms with van der Waals surface area (Å²) < 4.78 is 0. The maximum absolute atomic E-state index is 11.9. The van der Waals surface area contributed by atoms with Gasteiger partial charge in [0.1, 0.15) is 5.82 Å². The fourth-order valence-electron chi connectivity index (χ4n) is 3.07. The Kier molecular flexibility index (Phi) is 7.66. The summed E-state index contributed by atoms with van der Waals surface area (Å²) in [5.41, 5.74) is 0. The van der Waals surface area contributed by atoms with E-state index >= 15 is 0 Å². The molecule has 0 spiro atoms. The highest BCUT2D eigenvalue weighted by Gasteiger charge is 2.20. The molecule has 1 fully saturated rings. The van der Waals surface area contributed by atoms with Crippen LogP contribution in [0.5, 0.6) is 0 Å². The van der Waals surface area contributed by atoms with Crippen LogP contribution in [-0.4, -0.2) is 67.6 Å². The zero-order valence-electron chi connectivity index (χ0n) is 16.3. The molecule has 0 saturated carbocycles. The Labute approximate surface area is 170 Å². The second-order valence-electron chi connectivity index (χ2n) is 6.48. The van der Waals surface area contributed by atoms with Gasteiger partial charge in [-0.1, -0.05) is 12.1 Å². The highest BCUT2D eigenvalue weighted by atomic mass is 32.1. The van der Waals surface area contributed by atoms with Crippen LogP contribution in [0.3, 0.4) is 0 Å². The molecule has 2 aromatic rings. The van der Waals surface area contributed by atoms with Crippen LogP contribution in [0.2, 0.25) is 0 Å². The van der Waals surface area contributed by atoms with Gasteiger partial charge in [0, 0.05) is 52.0 Å². The van der Waals surface area contributed by atoms with Gasteiger partial charge in [-0.05, 0) is 36.9 Å². The summed E-state index contributed by atoms with van der Waals surface area (Å²) in [7, 11) is 0. The number of thiophene rings is 1. The number of pyridine rings is 1.